The largest absolute Gasteiger partial charge is 0.492 e. The van der Waals surface area contributed by atoms with Crippen LogP contribution in [-0.4, -0.2) is 38.1 Å². The van der Waals surface area contributed by atoms with Crippen molar-refractivity contribution < 1.29 is 19.1 Å². The molecule has 2 amide bonds. The van der Waals surface area contributed by atoms with E-state index >= 15 is 0 Å². The van der Waals surface area contributed by atoms with Gasteiger partial charge in [-0.3, -0.25) is 9.59 Å². The van der Waals surface area contributed by atoms with Crippen LogP contribution >= 0.6 is 0 Å². The number of anilines is 1. The average Bonchev–Trinajstić information content (AvgIpc) is 2.75. The molecule has 0 saturated carbocycles. The first kappa shape index (κ1) is 20.7. The Morgan fingerprint density at radius 2 is 1.86 bits per heavy atom. The SMILES string of the molecule is CC(C)c1ccc(OCCNC(=O)CCC(=O)N2CCOc3ccccc32)cc1. The van der Waals surface area contributed by atoms with Crippen molar-refractivity contribution >= 4 is 17.5 Å². The molecule has 2 aromatic carbocycles. The standard InChI is InChI=1S/C23H28N2O4/c1-17(2)18-7-9-19(10-8-18)28-15-13-24-22(26)11-12-23(27)25-14-16-29-21-6-4-3-5-20(21)25/h3-10,17H,11-16H2,1-2H3,(H,24,26). The zero-order chi connectivity index (χ0) is 20.6. The van der Waals surface area contributed by atoms with Crippen molar-refractivity contribution in [3.8, 4) is 11.5 Å². The number of hydrogen-bond acceptors (Lipinski definition) is 4. The lowest BCUT2D eigenvalue weighted by Gasteiger charge is -2.29. The van der Waals surface area contributed by atoms with Gasteiger partial charge in [-0.15, -0.1) is 0 Å². The Morgan fingerprint density at radius 3 is 2.62 bits per heavy atom. The summed E-state index contributed by atoms with van der Waals surface area (Å²) in [6.07, 6.45) is 0.319. The van der Waals surface area contributed by atoms with E-state index in [1.807, 2.05) is 48.5 Å². The number of fused-ring (bicyclic) bond motifs is 1. The van der Waals surface area contributed by atoms with E-state index in [4.69, 9.17) is 9.47 Å². The number of hydrogen-bond donors (Lipinski definition) is 1. The van der Waals surface area contributed by atoms with E-state index < -0.39 is 0 Å². The fourth-order valence-electron chi connectivity index (χ4n) is 3.18. The van der Waals surface area contributed by atoms with E-state index in [2.05, 4.69) is 19.2 Å². The normalized spacial score (nSPS) is 12.9. The van der Waals surface area contributed by atoms with Crippen LogP contribution in [-0.2, 0) is 9.59 Å². The fourth-order valence-corrected chi connectivity index (χ4v) is 3.18. The van der Waals surface area contributed by atoms with Gasteiger partial charge >= 0.3 is 0 Å². The first-order chi connectivity index (χ1) is 14.0. The van der Waals surface area contributed by atoms with Gasteiger partial charge in [0.15, 0.2) is 0 Å². The molecule has 3 rings (SSSR count). The summed E-state index contributed by atoms with van der Waals surface area (Å²) in [7, 11) is 0. The van der Waals surface area contributed by atoms with Gasteiger partial charge in [0.25, 0.3) is 0 Å². The molecule has 6 heteroatoms. The van der Waals surface area contributed by atoms with E-state index in [0.29, 0.717) is 38.0 Å². The minimum absolute atomic E-state index is 0.0719. The summed E-state index contributed by atoms with van der Waals surface area (Å²) in [4.78, 5) is 26.3. The maximum Gasteiger partial charge on any atom is 0.227 e. The molecule has 6 nitrogen and oxygen atoms in total. The van der Waals surface area contributed by atoms with Crippen molar-refractivity contribution in [2.45, 2.75) is 32.6 Å². The lowest BCUT2D eigenvalue weighted by molar-refractivity contribution is -0.125. The average molecular weight is 396 g/mol. The molecule has 2 aromatic rings. The highest BCUT2D eigenvalue weighted by Gasteiger charge is 2.23. The van der Waals surface area contributed by atoms with Gasteiger partial charge in [-0.1, -0.05) is 38.1 Å². The maximum atomic E-state index is 12.5. The zero-order valence-electron chi connectivity index (χ0n) is 17.0. The third kappa shape index (κ3) is 5.73. The molecule has 1 aliphatic rings. The van der Waals surface area contributed by atoms with Crippen LogP contribution in [0.25, 0.3) is 0 Å². The molecule has 0 spiro atoms. The minimum Gasteiger partial charge on any atom is -0.492 e. The highest BCUT2D eigenvalue weighted by Crippen LogP contribution is 2.31. The van der Waals surface area contributed by atoms with Crippen LogP contribution in [0.3, 0.4) is 0 Å². The lowest BCUT2D eigenvalue weighted by atomic mass is 10.0. The van der Waals surface area contributed by atoms with Gasteiger partial charge in [0, 0.05) is 12.8 Å². The highest BCUT2D eigenvalue weighted by molar-refractivity contribution is 5.97. The third-order valence-electron chi connectivity index (χ3n) is 4.84. The summed E-state index contributed by atoms with van der Waals surface area (Å²) >= 11 is 0. The Bertz CT molecular complexity index is 833. The van der Waals surface area contributed by atoms with Crippen LogP contribution in [0.2, 0.25) is 0 Å². The molecule has 0 unspecified atom stereocenters. The maximum absolute atomic E-state index is 12.5. The Hall–Kier alpha value is -3.02. The van der Waals surface area contributed by atoms with Gasteiger partial charge in [-0.25, -0.2) is 0 Å². The second-order valence-electron chi connectivity index (χ2n) is 7.28. The number of para-hydroxylation sites is 2. The Morgan fingerprint density at radius 1 is 1.10 bits per heavy atom. The quantitative estimate of drug-likeness (QED) is 0.694. The molecular weight excluding hydrogens is 368 g/mol. The van der Waals surface area contributed by atoms with Gasteiger partial charge in [0.2, 0.25) is 11.8 Å². The number of amides is 2. The van der Waals surface area contributed by atoms with E-state index in [-0.39, 0.29) is 24.7 Å². The predicted molar refractivity (Wildman–Crippen MR) is 113 cm³/mol. The number of ether oxygens (including phenoxy) is 2. The molecule has 1 heterocycles. The fraction of sp³-hybridized carbons (Fsp3) is 0.391. The zero-order valence-corrected chi connectivity index (χ0v) is 17.0. The van der Waals surface area contributed by atoms with Gasteiger partial charge in [-0.2, -0.15) is 0 Å². The van der Waals surface area contributed by atoms with Gasteiger partial charge in [-0.05, 0) is 35.7 Å². The summed E-state index contributed by atoms with van der Waals surface area (Å²) in [6.45, 7) is 6.05. The van der Waals surface area contributed by atoms with Crippen LogP contribution in [0, 0.1) is 0 Å². The van der Waals surface area contributed by atoms with Crippen molar-refractivity contribution in [3.05, 3.63) is 54.1 Å². The van der Waals surface area contributed by atoms with Gasteiger partial charge in [0.05, 0.1) is 18.8 Å². The molecule has 1 N–H and O–H groups in total. The van der Waals surface area contributed by atoms with Crippen molar-refractivity contribution in [2.75, 3.05) is 31.2 Å². The van der Waals surface area contributed by atoms with Gasteiger partial charge in [0.1, 0.15) is 24.7 Å². The Labute approximate surface area is 171 Å². The predicted octanol–water partition coefficient (Wildman–Crippen LogP) is 3.51. The molecule has 0 radical (unpaired) electrons. The third-order valence-corrected chi connectivity index (χ3v) is 4.84. The molecule has 0 fully saturated rings. The summed E-state index contributed by atoms with van der Waals surface area (Å²) < 4.78 is 11.2. The number of benzene rings is 2. The minimum atomic E-state index is -0.154. The second-order valence-corrected chi connectivity index (χ2v) is 7.28. The molecule has 0 aromatic heterocycles. The van der Waals surface area contributed by atoms with Crippen molar-refractivity contribution in [2.24, 2.45) is 0 Å². The number of rotatable bonds is 8. The molecule has 0 saturated heterocycles. The van der Waals surface area contributed by atoms with E-state index in [9.17, 15) is 9.59 Å². The molecule has 154 valence electrons. The summed E-state index contributed by atoms with van der Waals surface area (Å²) in [5.41, 5.74) is 2.03. The number of nitrogens with zero attached hydrogens (tertiary/aromatic N) is 1. The van der Waals surface area contributed by atoms with E-state index in [1.165, 1.54) is 5.56 Å². The number of carbonyl (C=O) groups excluding carboxylic acids is 2. The van der Waals surface area contributed by atoms with Crippen LogP contribution in [0.5, 0.6) is 11.5 Å². The molecule has 1 aliphatic heterocycles. The summed E-state index contributed by atoms with van der Waals surface area (Å²) in [6, 6.07) is 15.4. The Kier molecular flexibility index (Phi) is 7.11. The monoisotopic (exact) mass is 396 g/mol. The van der Waals surface area contributed by atoms with E-state index in [0.717, 1.165) is 11.4 Å². The van der Waals surface area contributed by atoms with E-state index in [1.54, 1.807) is 4.90 Å². The number of nitrogens with one attached hydrogen (secondary N) is 1. The van der Waals surface area contributed by atoms with Gasteiger partial charge < -0.3 is 19.7 Å². The van der Waals surface area contributed by atoms with Crippen molar-refractivity contribution in [1.82, 2.24) is 5.32 Å². The highest BCUT2D eigenvalue weighted by atomic mass is 16.5. The number of carbonyl (C=O) groups is 2. The van der Waals surface area contributed by atoms with Crippen molar-refractivity contribution in [1.29, 1.82) is 0 Å². The van der Waals surface area contributed by atoms with Crippen molar-refractivity contribution in [3.63, 3.8) is 0 Å². The smallest absolute Gasteiger partial charge is 0.227 e. The molecule has 29 heavy (non-hydrogen) atoms. The molecular formula is C23H28N2O4. The Balaban J connectivity index is 1.36. The first-order valence-corrected chi connectivity index (χ1v) is 10.1. The summed E-state index contributed by atoms with van der Waals surface area (Å²) in [5.74, 6) is 1.74. The topological polar surface area (TPSA) is 67.9 Å². The molecule has 0 atom stereocenters. The molecule has 0 bridgehead atoms. The van der Waals surface area contributed by atoms with Crippen LogP contribution < -0.4 is 19.7 Å². The lowest BCUT2D eigenvalue weighted by Crippen LogP contribution is -2.38. The second kappa shape index (κ2) is 9.96. The van der Waals surface area contributed by atoms with Crippen LogP contribution in [0.15, 0.2) is 48.5 Å². The summed E-state index contributed by atoms with van der Waals surface area (Å²) in [5, 5.41) is 2.80. The van der Waals surface area contributed by atoms with Crippen LogP contribution in [0.4, 0.5) is 5.69 Å². The molecule has 0 aliphatic carbocycles. The van der Waals surface area contributed by atoms with Crippen LogP contribution in [0.1, 0.15) is 38.2 Å². The first-order valence-electron chi connectivity index (χ1n) is 10.1.